The van der Waals surface area contributed by atoms with E-state index in [1.807, 2.05) is 30.3 Å². The van der Waals surface area contributed by atoms with Gasteiger partial charge in [0.05, 0.1) is 5.75 Å². The Morgan fingerprint density at radius 3 is 2.54 bits per heavy atom. The van der Waals surface area contributed by atoms with Crippen LogP contribution in [0.15, 0.2) is 64.4 Å². The molecule has 0 fully saturated rings. The van der Waals surface area contributed by atoms with Gasteiger partial charge in [-0.1, -0.05) is 48.2 Å². The average Bonchev–Trinajstić information content (AvgIpc) is 3.04. The van der Waals surface area contributed by atoms with Crippen LogP contribution in [0.3, 0.4) is 0 Å². The highest BCUT2D eigenvalue weighted by Crippen LogP contribution is 2.44. The van der Waals surface area contributed by atoms with Crippen molar-refractivity contribution in [3.63, 3.8) is 0 Å². The van der Waals surface area contributed by atoms with E-state index in [0.717, 1.165) is 37.8 Å². The third kappa shape index (κ3) is 3.04. The SMILES string of the molecule is O=C(CSc1nnc2c(n1)-c1cccc3cccc-2c13)Nc1ccc(Br)cn1. The second-order valence-corrected chi connectivity index (χ2v) is 8.06. The van der Waals surface area contributed by atoms with E-state index in [1.54, 1.807) is 12.3 Å². The summed E-state index contributed by atoms with van der Waals surface area (Å²) >= 11 is 4.57. The number of aromatic nitrogens is 4. The van der Waals surface area contributed by atoms with Crippen molar-refractivity contribution < 1.29 is 4.79 Å². The summed E-state index contributed by atoms with van der Waals surface area (Å²) in [4.78, 5) is 21.0. The van der Waals surface area contributed by atoms with Crippen LogP contribution in [-0.2, 0) is 4.79 Å². The lowest BCUT2D eigenvalue weighted by Crippen LogP contribution is -2.15. The van der Waals surface area contributed by atoms with Gasteiger partial charge in [-0.2, -0.15) is 0 Å². The number of carbonyl (C=O) groups excluding carboxylic acids is 1. The molecule has 0 radical (unpaired) electrons. The molecule has 5 rings (SSSR count). The molecule has 0 atom stereocenters. The van der Waals surface area contributed by atoms with Crippen LogP contribution >= 0.6 is 27.7 Å². The van der Waals surface area contributed by atoms with E-state index in [1.165, 1.54) is 11.8 Å². The average molecular weight is 450 g/mol. The van der Waals surface area contributed by atoms with Crippen LogP contribution in [0.5, 0.6) is 0 Å². The van der Waals surface area contributed by atoms with Crippen LogP contribution < -0.4 is 5.32 Å². The third-order valence-corrected chi connectivity index (χ3v) is 5.72. The second-order valence-electron chi connectivity index (χ2n) is 6.20. The molecule has 28 heavy (non-hydrogen) atoms. The topological polar surface area (TPSA) is 80.7 Å². The number of rotatable bonds is 4. The number of amides is 1. The molecule has 136 valence electrons. The Hall–Kier alpha value is -2.84. The van der Waals surface area contributed by atoms with E-state index in [-0.39, 0.29) is 11.7 Å². The summed E-state index contributed by atoms with van der Waals surface area (Å²) in [5, 5.41) is 14.1. The lowest BCUT2D eigenvalue weighted by molar-refractivity contribution is -0.113. The lowest BCUT2D eigenvalue weighted by atomic mass is 10.0. The molecular weight excluding hydrogens is 438 g/mol. The Labute approximate surface area is 173 Å². The Morgan fingerprint density at radius 2 is 1.79 bits per heavy atom. The number of thioether (sulfide) groups is 1. The molecule has 2 aromatic heterocycles. The van der Waals surface area contributed by atoms with Crippen LogP contribution in [0.1, 0.15) is 0 Å². The summed E-state index contributed by atoms with van der Waals surface area (Å²) in [6, 6.07) is 15.8. The molecule has 0 aliphatic heterocycles. The first-order chi connectivity index (χ1) is 13.7. The number of hydrogen-bond donors (Lipinski definition) is 1. The van der Waals surface area contributed by atoms with Gasteiger partial charge in [-0.15, -0.1) is 10.2 Å². The Balaban J connectivity index is 1.36. The summed E-state index contributed by atoms with van der Waals surface area (Å²) in [5.41, 5.74) is 3.72. The van der Waals surface area contributed by atoms with Crippen LogP contribution in [0.4, 0.5) is 5.82 Å². The molecule has 0 spiro atoms. The van der Waals surface area contributed by atoms with Crippen molar-refractivity contribution in [2.75, 3.05) is 11.1 Å². The normalized spacial score (nSPS) is 11.5. The Bertz CT molecular complexity index is 1220. The third-order valence-electron chi connectivity index (χ3n) is 4.41. The molecule has 2 heterocycles. The van der Waals surface area contributed by atoms with Crippen LogP contribution in [0.25, 0.3) is 33.3 Å². The molecular formula is C20H12BrN5OS. The predicted molar refractivity (Wildman–Crippen MR) is 113 cm³/mol. The zero-order valence-corrected chi connectivity index (χ0v) is 16.8. The largest absolute Gasteiger partial charge is 0.310 e. The molecule has 0 saturated carbocycles. The lowest BCUT2D eigenvalue weighted by Gasteiger charge is -2.05. The monoisotopic (exact) mass is 449 g/mol. The highest BCUT2D eigenvalue weighted by molar-refractivity contribution is 9.10. The van der Waals surface area contributed by atoms with Gasteiger partial charge in [0, 0.05) is 27.2 Å². The first-order valence-electron chi connectivity index (χ1n) is 8.50. The molecule has 2 aromatic carbocycles. The summed E-state index contributed by atoms with van der Waals surface area (Å²) in [7, 11) is 0. The van der Waals surface area contributed by atoms with Gasteiger partial charge in [0.2, 0.25) is 11.1 Å². The zero-order valence-electron chi connectivity index (χ0n) is 14.4. The first-order valence-corrected chi connectivity index (χ1v) is 10.3. The molecule has 0 saturated heterocycles. The van der Waals surface area contributed by atoms with Crippen molar-refractivity contribution in [3.05, 3.63) is 59.2 Å². The number of nitrogens with zero attached hydrogens (tertiary/aromatic N) is 4. The summed E-state index contributed by atoms with van der Waals surface area (Å²) < 4.78 is 0.855. The predicted octanol–water partition coefficient (Wildman–Crippen LogP) is 4.56. The Morgan fingerprint density at radius 1 is 1.00 bits per heavy atom. The van der Waals surface area contributed by atoms with E-state index in [4.69, 9.17) is 0 Å². The number of nitrogens with one attached hydrogen (secondary N) is 1. The number of carbonyl (C=O) groups is 1. The molecule has 1 aliphatic rings. The standard InChI is InChI=1S/C20H12BrN5OS/c21-12-7-8-15(22-9-12)23-16(27)10-28-20-24-18-13-5-1-3-11-4-2-6-14(17(11)13)19(18)25-26-20/h1-9H,10H2,(H,22,23,27). The van der Waals surface area contributed by atoms with E-state index >= 15 is 0 Å². The maximum atomic E-state index is 12.2. The van der Waals surface area contributed by atoms with Gasteiger partial charge in [-0.05, 0) is 33.4 Å². The molecule has 0 bridgehead atoms. The summed E-state index contributed by atoms with van der Waals surface area (Å²) in [6.45, 7) is 0. The van der Waals surface area contributed by atoms with Gasteiger partial charge in [-0.25, -0.2) is 9.97 Å². The van der Waals surface area contributed by atoms with Crippen LogP contribution in [-0.4, -0.2) is 31.8 Å². The number of halogens is 1. The van der Waals surface area contributed by atoms with Gasteiger partial charge in [0.1, 0.15) is 17.2 Å². The number of fused-ring (bicyclic) bond motifs is 3. The molecule has 4 aromatic rings. The number of anilines is 1. The fourth-order valence-electron chi connectivity index (χ4n) is 3.24. The van der Waals surface area contributed by atoms with Crippen molar-refractivity contribution >= 4 is 50.2 Å². The Kier molecular flexibility index (Phi) is 4.29. The second kappa shape index (κ2) is 6.96. The van der Waals surface area contributed by atoms with E-state index in [9.17, 15) is 4.79 Å². The van der Waals surface area contributed by atoms with Crippen molar-refractivity contribution in [2.45, 2.75) is 5.16 Å². The molecule has 1 aliphatic carbocycles. The van der Waals surface area contributed by atoms with Crippen molar-refractivity contribution in [3.8, 4) is 22.5 Å². The maximum absolute atomic E-state index is 12.2. The van der Waals surface area contributed by atoms with Gasteiger partial charge >= 0.3 is 0 Å². The number of benzene rings is 2. The van der Waals surface area contributed by atoms with E-state index < -0.39 is 0 Å². The van der Waals surface area contributed by atoms with Crippen LogP contribution in [0, 0.1) is 0 Å². The minimum absolute atomic E-state index is 0.172. The highest BCUT2D eigenvalue weighted by Gasteiger charge is 2.25. The van der Waals surface area contributed by atoms with Crippen LogP contribution in [0.2, 0.25) is 0 Å². The zero-order chi connectivity index (χ0) is 19.1. The smallest absolute Gasteiger partial charge is 0.236 e. The van der Waals surface area contributed by atoms with E-state index in [0.29, 0.717) is 11.0 Å². The maximum Gasteiger partial charge on any atom is 0.236 e. The quantitative estimate of drug-likeness (QED) is 0.405. The number of pyridine rings is 1. The minimum Gasteiger partial charge on any atom is -0.310 e. The first kappa shape index (κ1) is 17.3. The van der Waals surface area contributed by atoms with Crippen molar-refractivity contribution in [1.29, 1.82) is 0 Å². The minimum atomic E-state index is -0.172. The fraction of sp³-hybridized carbons (Fsp3) is 0.0500. The molecule has 0 unspecified atom stereocenters. The van der Waals surface area contributed by atoms with E-state index in [2.05, 4.69) is 53.5 Å². The molecule has 6 nitrogen and oxygen atoms in total. The summed E-state index contributed by atoms with van der Waals surface area (Å²) in [6.07, 6.45) is 1.63. The highest BCUT2D eigenvalue weighted by atomic mass is 79.9. The van der Waals surface area contributed by atoms with Gasteiger partial charge < -0.3 is 5.32 Å². The van der Waals surface area contributed by atoms with Crippen molar-refractivity contribution in [2.24, 2.45) is 0 Å². The van der Waals surface area contributed by atoms with Gasteiger partial charge in [0.15, 0.2) is 0 Å². The fourth-order valence-corrected chi connectivity index (χ4v) is 4.06. The van der Waals surface area contributed by atoms with Gasteiger partial charge in [0.25, 0.3) is 0 Å². The molecule has 1 N–H and O–H groups in total. The van der Waals surface area contributed by atoms with Crippen molar-refractivity contribution in [1.82, 2.24) is 20.2 Å². The van der Waals surface area contributed by atoms with Gasteiger partial charge in [-0.3, -0.25) is 4.79 Å². The summed E-state index contributed by atoms with van der Waals surface area (Å²) in [5.74, 6) is 0.508. The number of hydrogen-bond acceptors (Lipinski definition) is 6. The molecule has 1 amide bonds. The molecule has 8 heteroatoms.